The number of benzene rings is 1. The molecule has 3 heterocycles. The van der Waals surface area contributed by atoms with E-state index in [2.05, 4.69) is 10.1 Å². The van der Waals surface area contributed by atoms with Crippen molar-refractivity contribution < 1.29 is 9.32 Å². The van der Waals surface area contributed by atoms with Crippen LogP contribution in [0.5, 0.6) is 0 Å². The topological polar surface area (TPSA) is 64.2 Å². The van der Waals surface area contributed by atoms with Gasteiger partial charge in [-0.15, -0.1) is 0 Å². The van der Waals surface area contributed by atoms with E-state index in [4.69, 9.17) is 4.52 Å². The number of hydrogen-bond donors (Lipinski definition) is 0. The van der Waals surface area contributed by atoms with Crippen molar-refractivity contribution in [3.8, 4) is 11.5 Å². The second-order valence-electron chi connectivity index (χ2n) is 6.06. The van der Waals surface area contributed by atoms with Crippen LogP contribution in [-0.2, 0) is 7.05 Å². The summed E-state index contributed by atoms with van der Waals surface area (Å²) in [6, 6.07) is 13.4. The van der Waals surface area contributed by atoms with Crippen molar-refractivity contribution in [3.63, 3.8) is 0 Å². The number of hydrogen-bond acceptors (Lipinski definition) is 4. The predicted octanol–water partition coefficient (Wildman–Crippen LogP) is 2.70. The predicted molar refractivity (Wildman–Crippen MR) is 88.4 cm³/mol. The van der Waals surface area contributed by atoms with E-state index in [-0.39, 0.29) is 11.8 Å². The first-order valence-corrected chi connectivity index (χ1v) is 8.02. The molecule has 1 fully saturated rings. The number of amides is 1. The van der Waals surface area contributed by atoms with Gasteiger partial charge in [-0.25, -0.2) is 0 Å². The molecule has 0 spiro atoms. The van der Waals surface area contributed by atoms with Gasteiger partial charge in [0.1, 0.15) is 5.69 Å². The highest BCUT2D eigenvalue weighted by molar-refractivity contribution is 5.93. The second kappa shape index (κ2) is 5.96. The number of likely N-dealkylation sites (tertiary alicyclic amines) is 1. The second-order valence-corrected chi connectivity index (χ2v) is 6.06. The quantitative estimate of drug-likeness (QED) is 0.744. The molecular weight excluding hydrogens is 304 g/mol. The average molecular weight is 322 g/mol. The molecule has 2 aromatic heterocycles. The van der Waals surface area contributed by atoms with Crippen LogP contribution in [-0.4, -0.2) is 38.6 Å². The highest BCUT2D eigenvalue weighted by Crippen LogP contribution is 2.28. The Morgan fingerprint density at radius 3 is 2.79 bits per heavy atom. The number of rotatable bonds is 3. The Labute approximate surface area is 139 Å². The monoisotopic (exact) mass is 322 g/mol. The summed E-state index contributed by atoms with van der Waals surface area (Å²) in [5.41, 5.74) is 1.61. The van der Waals surface area contributed by atoms with Gasteiger partial charge in [-0.2, -0.15) is 4.98 Å². The largest absolute Gasteiger partial charge is 0.347 e. The summed E-state index contributed by atoms with van der Waals surface area (Å²) in [5, 5.41) is 4.12. The van der Waals surface area contributed by atoms with Crippen LogP contribution in [0, 0.1) is 0 Å². The standard InChI is InChI=1S/C18H18N4O2/c1-21-10-5-8-15(21)18(23)22-11-9-14(12-22)16-19-17(24-20-16)13-6-3-2-4-7-13/h2-8,10,14H,9,11-12H2,1H3. The third-order valence-corrected chi connectivity index (χ3v) is 4.47. The molecule has 1 amide bonds. The van der Waals surface area contributed by atoms with Gasteiger partial charge in [0.05, 0.1) is 0 Å². The molecule has 122 valence electrons. The van der Waals surface area contributed by atoms with Gasteiger partial charge >= 0.3 is 0 Å². The lowest BCUT2D eigenvalue weighted by molar-refractivity contribution is 0.0781. The van der Waals surface area contributed by atoms with Crippen LogP contribution in [0.15, 0.2) is 53.2 Å². The van der Waals surface area contributed by atoms with E-state index >= 15 is 0 Å². The Morgan fingerprint density at radius 1 is 1.21 bits per heavy atom. The molecule has 0 aliphatic carbocycles. The number of aromatic nitrogens is 3. The first-order chi connectivity index (χ1) is 11.7. The Bertz CT molecular complexity index is 853. The molecule has 1 aromatic carbocycles. The molecule has 4 rings (SSSR count). The fourth-order valence-corrected chi connectivity index (χ4v) is 3.10. The Kier molecular flexibility index (Phi) is 3.65. The molecule has 0 N–H and O–H groups in total. The number of aryl methyl sites for hydroxylation is 1. The molecule has 1 aliphatic rings. The molecule has 1 aliphatic heterocycles. The SMILES string of the molecule is Cn1cccc1C(=O)N1CCC(c2noc(-c3ccccc3)n2)C1. The van der Waals surface area contributed by atoms with Crippen molar-refractivity contribution in [2.45, 2.75) is 12.3 Å². The maximum Gasteiger partial charge on any atom is 0.270 e. The first kappa shape index (κ1) is 14.7. The van der Waals surface area contributed by atoms with Crippen molar-refractivity contribution in [1.29, 1.82) is 0 Å². The average Bonchev–Trinajstić information content (AvgIpc) is 3.35. The third kappa shape index (κ3) is 2.60. The molecule has 1 atom stereocenters. The van der Waals surface area contributed by atoms with E-state index in [0.29, 0.717) is 30.5 Å². The van der Waals surface area contributed by atoms with Gasteiger partial charge in [-0.1, -0.05) is 23.4 Å². The zero-order chi connectivity index (χ0) is 16.5. The lowest BCUT2D eigenvalue weighted by Gasteiger charge is -2.16. The van der Waals surface area contributed by atoms with Crippen LogP contribution in [0.2, 0.25) is 0 Å². The molecule has 24 heavy (non-hydrogen) atoms. The minimum Gasteiger partial charge on any atom is -0.347 e. The fraction of sp³-hybridized carbons (Fsp3) is 0.278. The number of nitrogens with zero attached hydrogens (tertiary/aromatic N) is 4. The molecule has 0 saturated carbocycles. The normalized spacial score (nSPS) is 17.4. The molecule has 1 saturated heterocycles. The van der Waals surface area contributed by atoms with Crippen molar-refractivity contribution in [1.82, 2.24) is 19.6 Å². The van der Waals surface area contributed by atoms with Crippen LogP contribution >= 0.6 is 0 Å². The van der Waals surface area contributed by atoms with Crippen molar-refractivity contribution in [2.75, 3.05) is 13.1 Å². The molecular formula is C18H18N4O2. The van der Waals surface area contributed by atoms with Gasteiger partial charge in [0.2, 0.25) is 0 Å². The summed E-state index contributed by atoms with van der Waals surface area (Å²) in [7, 11) is 1.88. The van der Waals surface area contributed by atoms with Gasteiger partial charge in [0, 0.05) is 37.8 Å². The highest BCUT2D eigenvalue weighted by atomic mass is 16.5. The van der Waals surface area contributed by atoms with Crippen LogP contribution in [0.25, 0.3) is 11.5 Å². The molecule has 6 nitrogen and oxygen atoms in total. The summed E-state index contributed by atoms with van der Waals surface area (Å²) in [4.78, 5) is 18.9. The molecule has 3 aromatic rings. The molecule has 0 radical (unpaired) electrons. The summed E-state index contributed by atoms with van der Waals surface area (Å²) in [5.74, 6) is 1.38. The van der Waals surface area contributed by atoms with E-state index in [0.717, 1.165) is 12.0 Å². The highest BCUT2D eigenvalue weighted by Gasteiger charge is 2.31. The lowest BCUT2D eigenvalue weighted by atomic mass is 10.1. The minimum absolute atomic E-state index is 0.0526. The Balaban J connectivity index is 1.49. The third-order valence-electron chi connectivity index (χ3n) is 4.47. The van der Waals surface area contributed by atoms with Crippen molar-refractivity contribution in [3.05, 3.63) is 60.2 Å². The van der Waals surface area contributed by atoms with E-state index in [1.165, 1.54) is 0 Å². The number of carbonyl (C=O) groups excluding carboxylic acids is 1. The van der Waals surface area contributed by atoms with Gasteiger partial charge in [-0.3, -0.25) is 4.79 Å². The fourth-order valence-electron chi connectivity index (χ4n) is 3.10. The van der Waals surface area contributed by atoms with Gasteiger partial charge in [-0.05, 0) is 30.7 Å². The molecule has 1 unspecified atom stereocenters. The lowest BCUT2D eigenvalue weighted by Crippen LogP contribution is -2.29. The summed E-state index contributed by atoms with van der Waals surface area (Å²) < 4.78 is 7.23. The smallest absolute Gasteiger partial charge is 0.270 e. The van der Waals surface area contributed by atoms with E-state index < -0.39 is 0 Å². The summed E-state index contributed by atoms with van der Waals surface area (Å²) in [6.45, 7) is 1.33. The van der Waals surface area contributed by atoms with Crippen LogP contribution in [0.3, 0.4) is 0 Å². The van der Waals surface area contributed by atoms with Crippen LogP contribution in [0.4, 0.5) is 0 Å². The van der Waals surface area contributed by atoms with E-state index in [1.54, 1.807) is 0 Å². The maximum absolute atomic E-state index is 12.6. The van der Waals surface area contributed by atoms with Gasteiger partial charge in [0.25, 0.3) is 11.8 Å². The Morgan fingerprint density at radius 2 is 2.04 bits per heavy atom. The van der Waals surface area contributed by atoms with E-state index in [1.807, 2.05) is 65.2 Å². The number of carbonyl (C=O) groups is 1. The zero-order valence-electron chi connectivity index (χ0n) is 13.4. The van der Waals surface area contributed by atoms with Crippen molar-refractivity contribution in [2.24, 2.45) is 7.05 Å². The molecule has 6 heteroatoms. The molecule has 0 bridgehead atoms. The maximum atomic E-state index is 12.6. The first-order valence-electron chi connectivity index (χ1n) is 8.02. The summed E-state index contributed by atoms with van der Waals surface area (Å²) >= 11 is 0. The van der Waals surface area contributed by atoms with Crippen LogP contribution in [0.1, 0.15) is 28.7 Å². The minimum atomic E-state index is 0.0526. The van der Waals surface area contributed by atoms with Crippen LogP contribution < -0.4 is 0 Å². The summed E-state index contributed by atoms with van der Waals surface area (Å²) in [6.07, 6.45) is 2.73. The van der Waals surface area contributed by atoms with Gasteiger partial charge in [0.15, 0.2) is 5.82 Å². The zero-order valence-corrected chi connectivity index (χ0v) is 13.4. The van der Waals surface area contributed by atoms with E-state index in [9.17, 15) is 4.79 Å². The van der Waals surface area contributed by atoms with Crippen molar-refractivity contribution >= 4 is 5.91 Å². The Hall–Kier alpha value is -2.89. The van der Waals surface area contributed by atoms with Gasteiger partial charge < -0.3 is 14.0 Å².